The van der Waals surface area contributed by atoms with Crippen molar-refractivity contribution in [1.82, 2.24) is 20.2 Å². The lowest BCUT2D eigenvalue weighted by Crippen LogP contribution is -2.37. The van der Waals surface area contributed by atoms with E-state index in [-0.39, 0.29) is 5.78 Å². The number of H-pyrrole nitrogens is 1. The van der Waals surface area contributed by atoms with Crippen LogP contribution in [0, 0.1) is 0 Å². The number of aromatic amines is 1. The van der Waals surface area contributed by atoms with Gasteiger partial charge >= 0.3 is 0 Å². The summed E-state index contributed by atoms with van der Waals surface area (Å²) in [5, 5.41) is 8.91. The molecule has 7 nitrogen and oxygen atoms in total. The predicted octanol–water partition coefficient (Wildman–Crippen LogP) is 1.38. The van der Waals surface area contributed by atoms with E-state index >= 15 is 0 Å². The van der Waals surface area contributed by atoms with E-state index in [1.165, 1.54) is 11.8 Å². The number of hydrogen-bond donors (Lipinski definition) is 1. The van der Waals surface area contributed by atoms with Crippen LogP contribution < -0.4 is 4.90 Å². The van der Waals surface area contributed by atoms with Gasteiger partial charge < -0.3 is 14.6 Å². The van der Waals surface area contributed by atoms with E-state index in [1.54, 1.807) is 13.1 Å². The van der Waals surface area contributed by atoms with Crippen LogP contribution in [0.4, 0.5) is 5.82 Å². The van der Waals surface area contributed by atoms with Crippen LogP contribution in [-0.4, -0.2) is 58.0 Å². The zero-order valence-electron chi connectivity index (χ0n) is 12.3. The average molecular weight is 319 g/mol. The average Bonchev–Trinajstić information content (AvgIpc) is 3.03. The van der Waals surface area contributed by atoms with E-state index in [4.69, 9.17) is 4.74 Å². The minimum Gasteiger partial charge on any atom is -0.378 e. The topological polar surface area (TPSA) is 84.0 Å². The summed E-state index contributed by atoms with van der Waals surface area (Å²) in [5.74, 6) is 2.04. The number of morpholine rings is 1. The number of pyridine rings is 1. The highest BCUT2D eigenvalue weighted by atomic mass is 32.2. The van der Waals surface area contributed by atoms with Crippen molar-refractivity contribution in [2.45, 2.75) is 12.1 Å². The number of rotatable bonds is 5. The Hall–Kier alpha value is -1.93. The number of thioether (sulfide) groups is 1. The number of ether oxygens (including phenoxy) is 1. The molecule has 116 valence electrons. The quantitative estimate of drug-likeness (QED) is 0.834. The van der Waals surface area contributed by atoms with Crippen LogP contribution in [0.2, 0.25) is 0 Å². The van der Waals surface area contributed by atoms with Gasteiger partial charge in [0.15, 0.2) is 11.0 Å². The fourth-order valence-electron chi connectivity index (χ4n) is 2.21. The summed E-state index contributed by atoms with van der Waals surface area (Å²) >= 11 is 1.35. The molecular weight excluding hydrogens is 302 g/mol. The van der Waals surface area contributed by atoms with Crippen molar-refractivity contribution in [3.63, 3.8) is 0 Å². The molecule has 0 aliphatic carbocycles. The summed E-state index contributed by atoms with van der Waals surface area (Å²) in [6.07, 6.45) is 1.77. The summed E-state index contributed by atoms with van der Waals surface area (Å²) in [6.45, 7) is 4.58. The van der Waals surface area contributed by atoms with E-state index in [1.807, 2.05) is 12.1 Å². The first-order valence-electron chi connectivity index (χ1n) is 7.07. The minimum atomic E-state index is 0.110. The SMILES string of the molecule is CC(=O)CSc1nnc(-c2cccnc2N2CCOCC2)[nH]1. The molecule has 0 spiro atoms. The molecule has 1 saturated heterocycles. The third kappa shape index (κ3) is 3.45. The zero-order valence-corrected chi connectivity index (χ0v) is 13.1. The second-order valence-electron chi connectivity index (χ2n) is 4.94. The summed E-state index contributed by atoms with van der Waals surface area (Å²) in [6, 6.07) is 3.85. The van der Waals surface area contributed by atoms with Crippen LogP contribution >= 0.6 is 11.8 Å². The van der Waals surface area contributed by atoms with Crippen molar-refractivity contribution in [3.8, 4) is 11.4 Å². The second kappa shape index (κ2) is 6.89. The van der Waals surface area contributed by atoms with Gasteiger partial charge in [-0.1, -0.05) is 11.8 Å². The fourth-order valence-corrected chi connectivity index (χ4v) is 2.82. The Labute approximate surface area is 132 Å². The largest absolute Gasteiger partial charge is 0.378 e. The zero-order chi connectivity index (χ0) is 15.4. The van der Waals surface area contributed by atoms with E-state index in [9.17, 15) is 4.79 Å². The van der Waals surface area contributed by atoms with Gasteiger partial charge in [0, 0.05) is 19.3 Å². The molecule has 1 N–H and O–H groups in total. The molecule has 22 heavy (non-hydrogen) atoms. The normalized spacial score (nSPS) is 15.0. The van der Waals surface area contributed by atoms with E-state index in [0.717, 1.165) is 24.5 Å². The van der Waals surface area contributed by atoms with Gasteiger partial charge in [-0.25, -0.2) is 4.98 Å². The molecular formula is C14H17N5O2S. The minimum absolute atomic E-state index is 0.110. The predicted molar refractivity (Wildman–Crippen MR) is 84.1 cm³/mol. The number of ketones is 1. The molecule has 0 radical (unpaired) electrons. The Morgan fingerprint density at radius 3 is 3.00 bits per heavy atom. The van der Waals surface area contributed by atoms with Crippen molar-refractivity contribution in [1.29, 1.82) is 0 Å². The Bertz CT molecular complexity index is 654. The van der Waals surface area contributed by atoms with Gasteiger partial charge in [-0.15, -0.1) is 10.2 Å². The molecule has 3 heterocycles. The highest BCUT2D eigenvalue weighted by Crippen LogP contribution is 2.27. The molecule has 0 amide bonds. The Kier molecular flexibility index (Phi) is 4.69. The van der Waals surface area contributed by atoms with Gasteiger partial charge in [0.1, 0.15) is 11.6 Å². The standard InChI is InChI=1S/C14H17N5O2S/c1-10(20)9-22-14-16-12(17-18-14)11-3-2-4-15-13(11)19-5-7-21-8-6-19/h2-4H,5-9H2,1H3,(H,16,17,18). The molecule has 1 aliphatic heterocycles. The van der Waals surface area contributed by atoms with Crippen LogP contribution in [0.3, 0.4) is 0 Å². The smallest absolute Gasteiger partial charge is 0.189 e. The van der Waals surface area contributed by atoms with Crippen molar-refractivity contribution >= 4 is 23.4 Å². The first-order valence-corrected chi connectivity index (χ1v) is 8.05. The number of hydrogen-bond acceptors (Lipinski definition) is 7. The number of nitrogens with one attached hydrogen (secondary N) is 1. The van der Waals surface area contributed by atoms with Crippen molar-refractivity contribution in [2.75, 3.05) is 37.0 Å². The van der Waals surface area contributed by atoms with Crippen LogP contribution in [0.1, 0.15) is 6.92 Å². The summed E-state index contributed by atoms with van der Waals surface area (Å²) in [7, 11) is 0. The Balaban J connectivity index is 1.83. The van der Waals surface area contributed by atoms with Gasteiger partial charge in [0.05, 0.1) is 24.5 Å². The molecule has 0 atom stereocenters. The van der Waals surface area contributed by atoms with Crippen molar-refractivity contribution in [3.05, 3.63) is 18.3 Å². The third-order valence-electron chi connectivity index (χ3n) is 3.23. The molecule has 0 aromatic carbocycles. The molecule has 2 aromatic heterocycles. The van der Waals surface area contributed by atoms with Crippen LogP contribution in [-0.2, 0) is 9.53 Å². The molecule has 0 saturated carbocycles. The van der Waals surface area contributed by atoms with E-state index < -0.39 is 0 Å². The monoisotopic (exact) mass is 319 g/mol. The van der Waals surface area contributed by atoms with Crippen molar-refractivity contribution in [2.24, 2.45) is 0 Å². The number of nitrogens with zero attached hydrogens (tertiary/aromatic N) is 4. The van der Waals surface area contributed by atoms with E-state index in [2.05, 4.69) is 25.1 Å². The fraction of sp³-hybridized carbons (Fsp3) is 0.429. The first-order chi connectivity index (χ1) is 10.7. The second-order valence-corrected chi connectivity index (χ2v) is 5.91. The molecule has 0 unspecified atom stereocenters. The number of carbonyl (C=O) groups excluding carboxylic acids is 1. The number of aromatic nitrogens is 4. The van der Waals surface area contributed by atoms with Crippen LogP contribution in [0.15, 0.2) is 23.5 Å². The maximum absolute atomic E-state index is 11.0. The van der Waals surface area contributed by atoms with Crippen LogP contribution in [0.25, 0.3) is 11.4 Å². The summed E-state index contributed by atoms with van der Waals surface area (Å²) < 4.78 is 5.38. The molecule has 3 rings (SSSR count). The van der Waals surface area contributed by atoms with Gasteiger partial charge in [-0.05, 0) is 19.1 Å². The molecule has 0 bridgehead atoms. The summed E-state index contributed by atoms with van der Waals surface area (Å²) in [5.41, 5.74) is 0.909. The first kappa shape index (κ1) is 15.0. The maximum atomic E-state index is 11.0. The number of Topliss-reactive ketones (excluding diaryl/α,β-unsaturated/α-hetero) is 1. The molecule has 1 fully saturated rings. The lowest BCUT2D eigenvalue weighted by Gasteiger charge is -2.28. The van der Waals surface area contributed by atoms with Gasteiger partial charge in [-0.2, -0.15) is 0 Å². The maximum Gasteiger partial charge on any atom is 0.189 e. The Morgan fingerprint density at radius 1 is 1.41 bits per heavy atom. The third-order valence-corrected chi connectivity index (χ3v) is 4.24. The van der Waals surface area contributed by atoms with E-state index in [0.29, 0.717) is 29.9 Å². The Morgan fingerprint density at radius 2 is 2.23 bits per heavy atom. The number of carbonyl (C=O) groups is 1. The molecule has 8 heteroatoms. The summed E-state index contributed by atoms with van der Waals surface area (Å²) in [4.78, 5) is 20.9. The molecule has 1 aliphatic rings. The van der Waals surface area contributed by atoms with Gasteiger partial charge in [0.25, 0.3) is 0 Å². The highest BCUT2D eigenvalue weighted by Gasteiger charge is 2.18. The van der Waals surface area contributed by atoms with Crippen molar-refractivity contribution < 1.29 is 9.53 Å². The molecule has 2 aromatic rings. The lowest BCUT2D eigenvalue weighted by molar-refractivity contribution is -0.114. The highest BCUT2D eigenvalue weighted by molar-refractivity contribution is 7.99. The van der Waals surface area contributed by atoms with Crippen LogP contribution in [0.5, 0.6) is 0 Å². The lowest BCUT2D eigenvalue weighted by atomic mass is 10.2. The van der Waals surface area contributed by atoms with Gasteiger partial charge in [0.2, 0.25) is 0 Å². The number of anilines is 1. The van der Waals surface area contributed by atoms with Gasteiger partial charge in [-0.3, -0.25) is 4.79 Å².